The van der Waals surface area contributed by atoms with Crippen LogP contribution in [0.5, 0.6) is 5.75 Å². The molecule has 0 aliphatic rings. The molecule has 0 unspecified atom stereocenters. The van der Waals surface area contributed by atoms with Crippen LogP contribution < -0.4 is 10.5 Å². The molecular weight excluding hydrogens is 182 g/mol. The standard InChI is InChI=1S/C10H13NO3/c1-2-14-8-4-3-7(5-10(12)13)9(11)6-8/h3-4,6H,2,5,11H2,1H3,(H,12,13). The molecule has 4 heteroatoms. The minimum atomic E-state index is -0.888. The molecule has 0 amide bonds. The predicted octanol–water partition coefficient (Wildman–Crippen LogP) is 1.29. The quantitative estimate of drug-likeness (QED) is 0.710. The first-order chi connectivity index (χ1) is 6.63. The summed E-state index contributed by atoms with van der Waals surface area (Å²) < 4.78 is 5.22. The fraction of sp³-hybridized carbons (Fsp3) is 0.300. The summed E-state index contributed by atoms with van der Waals surface area (Å²) in [6.07, 6.45) is -0.0573. The van der Waals surface area contributed by atoms with Crippen molar-refractivity contribution in [1.82, 2.24) is 0 Å². The summed E-state index contributed by atoms with van der Waals surface area (Å²) in [5, 5.41) is 8.58. The monoisotopic (exact) mass is 195 g/mol. The number of nitrogen functional groups attached to an aromatic ring is 1. The van der Waals surface area contributed by atoms with Crippen LogP contribution in [0.15, 0.2) is 18.2 Å². The van der Waals surface area contributed by atoms with Crippen LogP contribution in [-0.2, 0) is 11.2 Å². The Labute approximate surface area is 82.3 Å². The van der Waals surface area contributed by atoms with Crippen molar-refractivity contribution in [3.8, 4) is 5.75 Å². The van der Waals surface area contributed by atoms with Crippen LogP contribution in [0.25, 0.3) is 0 Å². The summed E-state index contributed by atoms with van der Waals surface area (Å²) in [4.78, 5) is 10.4. The smallest absolute Gasteiger partial charge is 0.307 e. The number of nitrogens with two attached hydrogens (primary N) is 1. The van der Waals surface area contributed by atoms with Crippen molar-refractivity contribution in [2.75, 3.05) is 12.3 Å². The highest BCUT2D eigenvalue weighted by atomic mass is 16.5. The Kier molecular flexibility index (Phi) is 3.34. The van der Waals surface area contributed by atoms with E-state index in [1.807, 2.05) is 6.92 Å². The molecule has 0 radical (unpaired) electrons. The minimum absolute atomic E-state index is 0.0573. The molecule has 0 aliphatic heterocycles. The fourth-order valence-electron chi connectivity index (χ4n) is 1.15. The molecule has 0 bridgehead atoms. The van der Waals surface area contributed by atoms with Crippen LogP contribution in [0.1, 0.15) is 12.5 Å². The third-order valence-corrected chi connectivity index (χ3v) is 1.77. The minimum Gasteiger partial charge on any atom is -0.494 e. The second-order valence-corrected chi connectivity index (χ2v) is 2.86. The Hall–Kier alpha value is -1.71. The Morgan fingerprint density at radius 3 is 2.79 bits per heavy atom. The number of hydrogen-bond acceptors (Lipinski definition) is 3. The van der Waals surface area contributed by atoms with Gasteiger partial charge < -0.3 is 15.6 Å². The van der Waals surface area contributed by atoms with Gasteiger partial charge in [-0.15, -0.1) is 0 Å². The zero-order chi connectivity index (χ0) is 10.6. The van der Waals surface area contributed by atoms with E-state index < -0.39 is 5.97 Å². The number of carbonyl (C=O) groups is 1. The van der Waals surface area contributed by atoms with Crippen LogP contribution >= 0.6 is 0 Å². The summed E-state index contributed by atoms with van der Waals surface area (Å²) in [6.45, 7) is 2.44. The number of aliphatic carboxylic acids is 1. The molecule has 0 heterocycles. The van der Waals surface area contributed by atoms with E-state index in [9.17, 15) is 4.79 Å². The number of anilines is 1. The third-order valence-electron chi connectivity index (χ3n) is 1.77. The van der Waals surface area contributed by atoms with Gasteiger partial charge in [0.25, 0.3) is 0 Å². The van der Waals surface area contributed by atoms with Crippen molar-refractivity contribution in [3.05, 3.63) is 23.8 Å². The van der Waals surface area contributed by atoms with Gasteiger partial charge in [-0.3, -0.25) is 4.79 Å². The molecule has 4 nitrogen and oxygen atoms in total. The van der Waals surface area contributed by atoms with Crippen molar-refractivity contribution >= 4 is 11.7 Å². The second-order valence-electron chi connectivity index (χ2n) is 2.86. The van der Waals surface area contributed by atoms with Crippen LogP contribution in [0.2, 0.25) is 0 Å². The molecule has 0 saturated carbocycles. The van der Waals surface area contributed by atoms with E-state index in [0.29, 0.717) is 23.6 Å². The Bertz CT molecular complexity index is 336. The zero-order valence-electron chi connectivity index (χ0n) is 7.99. The number of carboxylic acid groups (broad SMARTS) is 1. The van der Waals surface area contributed by atoms with E-state index in [2.05, 4.69) is 0 Å². The lowest BCUT2D eigenvalue weighted by atomic mass is 10.1. The van der Waals surface area contributed by atoms with Gasteiger partial charge in [-0.05, 0) is 18.6 Å². The molecule has 0 aromatic heterocycles. The van der Waals surface area contributed by atoms with Crippen molar-refractivity contribution in [3.63, 3.8) is 0 Å². The number of carboxylic acids is 1. The number of benzene rings is 1. The van der Waals surface area contributed by atoms with Gasteiger partial charge in [-0.25, -0.2) is 0 Å². The summed E-state index contributed by atoms with van der Waals surface area (Å²) in [7, 11) is 0. The summed E-state index contributed by atoms with van der Waals surface area (Å²) in [5.74, 6) is -0.222. The number of hydrogen-bond donors (Lipinski definition) is 2. The van der Waals surface area contributed by atoms with E-state index >= 15 is 0 Å². The summed E-state index contributed by atoms with van der Waals surface area (Å²) in [5.41, 5.74) is 6.73. The first kappa shape index (κ1) is 10.4. The molecule has 1 aromatic rings. The Balaban J connectivity index is 2.84. The zero-order valence-corrected chi connectivity index (χ0v) is 7.99. The molecule has 0 aliphatic carbocycles. The highest BCUT2D eigenvalue weighted by Crippen LogP contribution is 2.20. The molecule has 0 spiro atoms. The number of ether oxygens (including phenoxy) is 1. The average molecular weight is 195 g/mol. The summed E-state index contributed by atoms with van der Waals surface area (Å²) >= 11 is 0. The highest BCUT2D eigenvalue weighted by Gasteiger charge is 2.05. The molecule has 0 atom stereocenters. The Morgan fingerprint density at radius 1 is 1.57 bits per heavy atom. The van der Waals surface area contributed by atoms with Crippen LogP contribution in [0.3, 0.4) is 0 Å². The number of rotatable bonds is 4. The normalized spacial score (nSPS) is 9.79. The van der Waals surface area contributed by atoms with E-state index in [0.717, 1.165) is 0 Å². The predicted molar refractivity (Wildman–Crippen MR) is 53.4 cm³/mol. The summed E-state index contributed by atoms with van der Waals surface area (Å²) in [6, 6.07) is 5.04. The van der Waals surface area contributed by atoms with E-state index in [1.165, 1.54) is 0 Å². The molecular formula is C10H13NO3. The third kappa shape index (κ3) is 2.65. The van der Waals surface area contributed by atoms with Crippen LogP contribution in [-0.4, -0.2) is 17.7 Å². The van der Waals surface area contributed by atoms with Gasteiger partial charge in [0.05, 0.1) is 13.0 Å². The van der Waals surface area contributed by atoms with Gasteiger partial charge in [-0.2, -0.15) is 0 Å². The molecule has 0 saturated heterocycles. The van der Waals surface area contributed by atoms with Crippen molar-refractivity contribution in [2.24, 2.45) is 0 Å². The lowest BCUT2D eigenvalue weighted by molar-refractivity contribution is -0.136. The first-order valence-corrected chi connectivity index (χ1v) is 4.36. The molecule has 1 rings (SSSR count). The lowest BCUT2D eigenvalue weighted by Gasteiger charge is -2.06. The highest BCUT2D eigenvalue weighted by molar-refractivity contribution is 5.73. The second kappa shape index (κ2) is 4.50. The van der Waals surface area contributed by atoms with Gasteiger partial charge in [0, 0.05) is 11.8 Å². The topological polar surface area (TPSA) is 72.5 Å². The van der Waals surface area contributed by atoms with Crippen LogP contribution in [0, 0.1) is 0 Å². The first-order valence-electron chi connectivity index (χ1n) is 4.36. The van der Waals surface area contributed by atoms with E-state index in [1.54, 1.807) is 18.2 Å². The molecule has 76 valence electrons. The fourth-order valence-corrected chi connectivity index (χ4v) is 1.15. The molecule has 1 aromatic carbocycles. The molecule has 3 N–H and O–H groups in total. The van der Waals surface area contributed by atoms with Crippen LogP contribution in [0.4, 0.5) is 5.69 Å². The van der Waals surface area contributed by atoms with E-state index in [4.69, 9.17) is 15.6 Å². The maximum absolute atomic E-state index is 10.4. The van der Waals surface area contributed by atoms with Crippen molar-refractivity contribution in [2.45, 2.75) is 13.3 Å². The van der Waals surface area contributed by atoms with Gasteiger partial charge in [0.2, 0.25) is 0 Å². The van der Waals surface area contributed by atoms with Gasteiger partial charge in [-0.1, -0.05) is 6.07 Å². The Morgan fingerprint density at radius 2 is 2.29 bits per heavy atom. The van der Waals surface area contributed by atoms with Crippen molar-refractivity contribution < 1.29 is 14.6 Å². The van der Waals surface area contributed by atoms with Gasteiger partial charge in [0.1, 0.15) is 5.75 Å². The van der Waals surface area contributed by atoms with Crippen molar-refractivity contribution in [1.29, 1.82) is 0 Å². The van der Waals surface area contributed by atoms with Gasteiger partial charge >= 0.3 is 5.97 Å². The average Bonchev–Trinajstić information content (AvgIpc) is 2.10. The molecule has 14 heavy (non-hydrogen) atoms. The lowest BCUT2D eigenvalue weighted by Crippen LogP contribution is -2.04. The van der Waals surface area contributed by atoms with Gasteiger partial charge in [0.15, 0.2) is 0 Å². The maximum atomic E-state index is 10.4. The van der Waals surface area contributed by atoms with E-state index in [-0.39, 0.29) is 6.42 Å². The maximum Gasteiger partial charge on any atom is 0.307 e. The largest absolute Gasteiger partial charge is 0.494 e. The molecule has 0 fully saturated rings. The SMILES string of the molecule is CCOc1ccc(CC(=O)O)c(N)c1.